The van der Waals surface area contributed by atoms with E-state index in [9.17, 15) is 9.18 Å². The van der Waals surface area contributed by atoms with E-state index >= 15 is 0 Å². The Morgan fingerprint density at radius 1 is 1.03 bits per heavy atom. The van der Waals surface area contributed by atoms with Gasteiger partial charge in [0, 0.05) is 11.8 Å². The predicted octanol–water partition coefficient (Wildman–Crippen LogP) is 5.49. The molecule has 5 aromatic rings. The molecule has 0 saturated carbocycles. The van der Waals surface area contributed by atoms with Gasteiger partial charge in [-0.3, -0.25) is 4.79 Å². The number of nitrogens with one attached hydrogen (secondary N) is 1. The van der Waals surface area contributed by atoms with Crippen molar-refractivity contribution in [1.82, 2.24) is 19.3 Å². The van der Waals surface area contributed by atoms with Gasteiger partial charge in [-0.05, 0) is 60.5 Å². The molecule has 0 radical (unpaired) electrons. The molecule has 0 aliphatic carbocycles. The number of rotatable bonds is 7. The average molecular weight is 482 g/mol. The summed E-state index contributed by atoms with van der Waals surface area (Å²) in [5.41, 5.74) is 4.29. The van der Waals surface area contributed by atoms with Crippen molar-refractivity contribution >= 4 is 11.7 Å². The zero-order valence-electron chi connectivity index (χ0n) is 19.9. The summed E-state index contributed by atoms with van der Waals surface area (Å²) in [6.07, 6.45) is 3.38. The lowest BCUT2D eigenvalue weighted by molar-refractivity contribution is 0.102. The van der Waals surface area contributed by atoms with Crippen molar-refractivity contribution in [1.29, 1.82) is 0 Å². The smallest absolute Gasteiger partial charge is 0.277 e. The van der Waals surface area contributed by atoms with Crippen LogP contribution in [0.2, 0.25) is 0 Å². The maximum Gasteiger partial charge on any atom is 0.277 e. The number of anilines is 1. The Bertz CT molecular complexity index is 1510. The van der Waals surface area contributed by atoms with Crippen molar-refractivity contribution in [2.24, 2.45) is 0 Å². The highest BCUT2D eigenvalue weighted by Crippen LogP contribution is 2.29. The van der Waals surface area contributed by atoms with Gasteiger partial charge < -0.3 is 14.6 Å². The molecule has 180 valence electrons. The van der Waals surface area contributed by atoms with Gasteiger partial charge in [-0.15, -0.1) is 0 Å². The number of methoxy groups -OCH3 is 1. The van der Waals surface area contributed by atoms with Gasteiger partial charge in [-0.1, -0.05) is 36.4 Å². The summed E-state index contributed by atoms with van der Waals surface area (Å²) in [6, 6.07) is 23.3. The number of imidazole rings is 1. The lowest BCUT2D eigenvalue weighted by atomic mass is 10.1. The van der Waals surface area contributed by atoms with Crippen molar-refractivity contribution < 1.29 is 13.9 Å². The van der Waals surface area contributed by atoms with Gasteiger partial charge in [0.2, 0.25) is 0 Å². The van der Waals surface area contributed by atoms with Crippen LogP contribution in [0.4, 0.5) is 10.2 Å². The number of aryl methyl sites for hydroxylation is 1. The summed E-state index contributed by atoms with van der Waals surface area (Å²) in [5.74, 6) is 0.414. The fourth-order valence-corrected chi connectivity index (χ4v) is 3.96. The topological polar surface area (TPSA) is 74.0 Å². The molecule has 1 amide bonds. The predicted molar refractivity (Wildman–Crippen MR) is 136 cm³/mol. The van der Waals surface area contributed by atoms with Crippen molar-refractivity contribution in [2.75, 3.05) is 12.4 Å². The van der Waals surface area contributed by atoms with E-state index in [4.69, 9.17) is 4.74 Å². The molecule has 36 heavy (non-hydrogen) atoms. The number of hydrogen-bond donors (Lipinski definition) is 1. The summed E-state index contributed by atoms with van der Waals surface area (Å²) in [7, 11) is 1.59. The third kappa shape index (κ3) is 4.74. The van der Waals surface area contributed by atoms with E-state index < -0.39 is 5.91 Å². The molecule has 0 bridgehead atoms. The second-order valence-electron chi connectivity index (χ2n) is 8.34. The normalized spacial score (nSPS) is 10.9. The lowest BCUT2D eigenvalue weighted by Gasteiger charge is -2.12. The second kappa shape index (κ2) is 9.87. The van der Waals surface area contributed by atoms with Crippen LogP contribution in [0, 0.1) is 12.7 Å². The minimum absolute atomic E-state index is 0.232. The van der Waals surface area contributed by atoms with Gasteiger partial charge in [0.25, 0.3) is 5.91 Å². The number of carbonyl (C=O) groups is 1. The summed E-state index contributed by atoms with van der Waals surface area (Å²) in [5, 5.41) is 7.46. The van der Waals surface area contributed by atoms with Gasteiger partial charge >= 0.3 is 0 Å². The van der Waals surface area contributed by atoms with E-state index in [1.54, 1.807) is 42.5 Å². The number of ether oxygens (including phenoxy) is 1. The molecule has 8 heteroatoms. The van der Waals surface area contributed by atoms with E-state index in [1.807, 2.05) is 60.0 Å². The molecule has 5 rings (SSSR count). The van der Waals surface area contributed by atoms with Crippen molar-refractivity contribution in [3.63, 3.8) is 0 Å². The van der Waals surface area contributed by atoms with E-state index in [0.29, 0.717) is 29.4 Å². The third-order valence-corrected chi connectivity index (χ3v) is 5.79. The highest BCUT2D eigenvalue weighted by molar-refractivity contribution is 6.04. The van der Waals surface area contributed by atoms with Gasteiger partial charge in [-0.2, -0.15) is 5.10 Å². The molecule has 2 aromatic heterocycles. The summed E-state index contributed by atoms with van der Waals surface area (Å²) < 4.78 is 22.5. The molecule has 3 aromatic carbocycles. The first-order chi connectivity index (χ1) is 17.5. The zero-order chi connectivity index (χ0) is 25.1. The van der Waals surface area contributed by atoms with Crippen LogP contribution in [0.15, 0.2) is 91.4 Å². The Kier molecular flexibility index (Phi) is 6.32. The summed E-state index contributed by atoms with van der Waals surface area (Å²) >= 11 is 0. The van der Waals surface area contributed by atoms with Crippen LogP contribution in [-0.4, -0.2) is 32.3 Å². The third-order valence-electron chi connectivity index (χ3n) is 5.79. The van der Waals surface area contributed by atoms with E-state index in [1.165, 1.54) is 12.1 Å². The van der Waals surface area contributed by atoms with Gasteiger partial charge in [0.05, 0.1) is 20.0 Å². The van der Waals surface area contributed by atoms with Crippen molar-refractivity contribution in [3.05, 3.63) is 114 Å². The molecule has 0 spiro atoms. The summed E-state index contributed by atoms with van der Waals surface area (Å²) in [4.78, 5) is 17.8. The standard InChI is InChI=1S/C28H24FN5O2/c1-19-8-13-25(36-2)24(16-19)34-15-14-23(32-34)28(35)31-27-26(21-9-11-22(29)12-10-21)30-18-33(27)17-20-6-4-3-5-7-20/h3-16,18H,17H2,1-2H3,(H,31,35). The average Bonchev–Trinajstić information content (AvgIpc) is 3.53. The first kappa shape index (κ1) is 23.0. The number of amides is 1. The molecule has 0 aliphatic heterocycles. The Hall–Kier alpha value is -4.72. The van der Waals surface area contributed by atoms with Crippen LogP contribution in [-0.2, 0) is 6.54 Å². The molecular weight excluding hydrogens is 457 g/mol. The van der Waals surface area contributed by atoms with Crippen LogP contribution in [0.25, 0.3) is 16.9 Å². The Morgan fingerprint density at radius 2 is 1.81 bits per heavy atom. The van der Waals surface area contributed by atoms with Crippen LogP contribution in [0.1, 0.15) is 21.6 Å². The minimum Gasteiger partial charge on any atom is -0.494 e. The second-order valence-corrected chi connectivity index (χ2v) is 8.34. The first-order valence-electron chi connectivity index (χ1n) is 11.4. The largest absolute Gasteiger partial charge is 0.494 e. The maximum atomic E-state index is 13.5. The van der Waals surface area contributed by atoms with E-state index in [2.05, 4.69) is 15.4 Å². The van der Waals surface area contributed by atoms with E-state index in [-0.39, 0.29) is 11.5 Å². The van der Waals surface area contributed by atoms with Crippen LogP contribution >= 0.6 is 0 Å². The first-order valence-corrected chi connectivity index (χ1v) is 11.4. The number of carbonyl (C=O) groups excluding carboxylic acids is 1. The number of halogens is 1. The van der Waals surface area contributed by atoms with Gasteiger partial charge in [-0.25, -0.2) is 14.1 Å². The Labute approximate surface area is 207 Å². The van der Waals surface area contributed by atoms with E-state index in [0.717, 1.165) is 16.8 Å². The van der Waals surface area contributed by atoms with Crippen LogP contribution in [0.5, 0.6) is 5.75 Å². The molecule has 0 unspecified atom stereocenters. The number of benzene rings is 3. The highest BCUT2D eigenvalue weighted by atomic mass is 19.1. The van der Waals surface area contributed by atoms with Gasteiger partial charge in [0.15, 0.2) is 5.69 Å². The fraction of sp³-hybridized carbons (Fsp3) is 0.107. The molecule has 1 N–H and O–H groups in total. The van der Waals surface area contributed by atoms with Gasteiger partial charge in [0.1, 0.15) is 28.8 Å². The zero-order valence-corrected chi connectivity index (χ0v) is 19.9. The maximum absolute atomic E-state index is 13.5. The monoisotopic (exact) mass is 481 g/mol. The number of hydrogen-bond acceptors (Lipinski definition) is 4. The fourth-order valence-electron chi connectivity index (χ4n) is 3.96. The highest BCUT2D eigenvalue weighted by Gasteiger charge is 2.19. The SMILES string of the molecule is COc1ccc(C)cc1-n1ccc(C(=O)Nc2c(-c3ccc(F)cc3)ncn2Cc2ccccc2)n1. The molecule has 0 aliphatic rings. The van der Waals surface area contributed by atoms with Crippen LogP contribution in [0.3, 0.4) is 0 Å². The molecule has 7 nitrogen and oxygen atoms in total. The molecule has 0 fully saturated rings. The molecule has 2 heterocycles. The molecule has 0 atom stereocenters. The van der Waals surface area contributed by atoms with Crippen molar-refractivity contribution in [3.8, 4) is 22.7 Å². The molecular formula is C28H24FN5O2. The quantitative estimate of drug-likeness (QED) is 0.334. The van der Waals surface area contributed by atoms with Crippen molar-refractivity contribution in [2.45, 2.75) is 13.5 Å². The Morgan fingerprint density at radius 3 is 2.56 bits per heavy atom. The van der Waals surface area contributed by atoms with Crippen LogP contribution < -0.4 is 10.1 Å². The number of nitrogens with zero attached hydrogens (tertiary/aromatic N) is 4. The number of aromatic nitrogens is 4. The molecule has 0 saturated heterocycles. The summed E-state index contributed by atoms with van der Waals surface area (Å²) in [6.45, 7) is 2.48. The lowest BCUT2D eigenvalue weighted by Crippen LogP contribution is -2.17. The minimum atomic E-state index is -0.390. The Balaban J connectivity index is 1.48.